The van der Waals surface area contributed by atoms with Crippen LogP contribution >= 0.6 is 12.2 Å². The number of aryl methyl sites for hydroxylation is 1. The van der Waals surface area contributed by atoms with E-state index in [0.29, 0.717) is 17.3 Å². The van der Waals surface area contributed by atoms with Crippen molar-refractivity contribution in [1.29, 1.82) is 0 Å². The van der Waals surface area contributed by atoms with E-state index in [4.69, 9.17) is 12.2 Å². The minimum absolute atomic E-state index is 0.0128. The molecule has 0 aromatic heterocycles. The first-order chi connectivity index (χ1) is 10.1. The highest BCUT2D eigenvalue weighted by molar-refractivity contribution is 7.80. The van der Waals surface area contributed by atoms with Crippen molar-refractivity contribution in [3.63, 3.8) is 0 Å². The predicted octanol–water partition coefficient (Wildman–Crippen LogP) is 3.39. The fourth-order valence-corrected chi connectivity index (χ4v) is 2.03. The van der Waals surface area contributed by atoms with Crippen LogP contribution in [0.3, 0.4) is 0 Å². The van der Waals surface area contributed by atoms with E-state index in [2.05, 4.69) is 10.6 Å². The van der Waals surface area contributed by atoms with Gasteiger partial charge in [0.15, 0.2) is 5.11 Å². The summed E-state index contributed by atoms with van der Waals surface area (Å²) in [6.07, 6.45) is 0. The summed E-state index contributed by atoms with van der Waals surface area (Å²) in [6, 6.07) is 14.8. The molecule has 0 aliphatic heterocycles. The molecule has 5 nitrogen and oxygen atoms in total. The molecule has 21 heavy (non-hydrogen) atoms. The second-order valence-electron chi connectivity index (χ2n) is 4.57. The molecule has 2 N–H and O–H groups in total. The van der Waals surface area contributed by atoms with Gasteiger partial charge in [-0.2, -0.15) is 0 Å². The number of benzene rings is 2. The molecule has 0 unspecified atom stereocenters. The van der Waals surface area contributed by atoms with Crippen LogP contribution in [0.1, 0.15) is 11.1 Å². The number of anilines is 1. The minimum atomic E-state index is -0.421. The van der Waals surface area contributed by atoms with Crippen LogP contribution in [-0.4, -0.2) is 10.0 Å². The number of thiocarbonyl (C=S) groups is 1. The van der Waals surface area contributed by atoms with Gasteiger partial charge in [-0.15, -0.1) is 0 Å². The largest absolute Gasteiger partial charge is 0.358 e. The number of nitrogens with one attached hydrogen (secondary N) is 2. The first kappa shape index (κ1) is 14.9. The molecule has 0 aliphatic rings. The highest BCUT2D eigenvalue weighted by atomic mass is 32.1. The lowest BCUT2D eigenvalue weighted by molar-refractivity contribution is -0.383. The summed E-state index contributed by atoms with van der Waals surface area (Å²) < 4.78 is 0. The normalized spacial score (nSPS) is 9.95. The van der Waals surface area contributed by atoms with E-state index in [-0.39, 0.29) is 5.69 Å². The standard InChI is InChI=1S/C15H15N3O2S/c1-11-7-8-13(14(9-11)18(19)20)17-15(21)16-10-12-5-3-2-4-6-12/h2-9H,10H2,1H3,(H2,16,17,21). The van der Waals surface area contributed by atoms with Crippen LogP contribution in [0.25, 0.3) is 0 Å². The molecular weight excluding hydrogens is 286 g/mol. The molecule has 2 aromatic rings. The van der Waals surface area contributed by atoms with Crippen LogP contribution in [0.5, 0.6) is 0 Å². The van der Waals surface area contributed by atoms with Crippen LogP contribution in [-0.2, 0) is 6.54 Å². The second kappa shape index (κ2) is 6.81. The fourth-order valence-electron chi connectivity index (χ4n) is 1.84. The van der Waals surface area contributed by atoms with Crippen LogP contribution in [0.2, 0.25) is 0 Å². The van der Waals surface area contributed by atoms with Gasteiger partial charge in [-0.05, 0) is 36.3 Å². The average molecular weight is 301 g/mol. The molecule has 0 saturated heterocycles. The van der Waals surface area contributed by atoms with E-state index < -0.39 is 4.92 Å². The Morgan fingerprint density at radius 1 is 1.24 bits per heavy atom. The summed E-state index contributed by atoms with van der Waals surface area (Å²) in [5.74, 6) is 0. The van der Waals surface area contributed by atoms with Crippen LogP contribution in [0.15, 0.2) is 48.5 Å². The highest BCUT2D eigenvalue weighted by Gasteiger charge is 2.14. The van der Waals surface area contributed by atoms with Crippen LogP contribution in [0, 0.1) is 17.0 Å². The lowest BCUT2D eigenvalue weighted by Gasteiger charge is -2.11. The number of rotatable bonds is 4. The van der Waals surface area contributed by atoms with Crippen molar-refractivity contribution in [1.82, 2.24) is 5.32 Å². The molecular formula is C15H15N3O2S. The van der Waals surface area contributed by atoms with E-state index >= 15 is 0 Å². The quantitative estimate of drug-likeness (QED) is 0.515. The lowest BCUT2D eigenvalue weighted by Crippen LogP contribution is -2.28. The maximum absolute atomic E-state index is 11.0. The zero-order valence-electron chi connectivity index (χ0n) is 11.5. The van der Waals surface area contributed by atoms with Gasteiger partial charge in [0.1, 0.15) is 5.69 Å². The second-order valence-corrected chi connectivity index (χ2v) is 4.98. The maximum atomic E-state index is 11.0. The van der Waals surface area contributed by atoms with E-state index in [1.54, 1.807) is 12.1 Å². The molecule has 6 heteroatoms. The van der Waals surface area contributed by atoms with E-state index in [9.17, 15) is 10.1 Å². The van der Waals surface area contributed by atoms with Gasteiger partial charge in [0.2, 0.25) is 0 Å². The molecule has 2 rings (SSSR count). The van der Waals surface area contributed by atoms with Gasteiger partial charge in [0.25, 0.3) is 5.69 Å². The molecule has 2 aromatic carbocycles. The SMILES string of the molecule is Cc1ccc(NC(=S)NCc2ccccc2)c([N+](=O)[O-])c1. The molecule has 0 heterocycles. The topological polar surface area (TPSA) is 67.2 Å². The first-order valence-electron chi connectivity index (χ1n) is 6.40. The number of hydrogen-bond donors (Lipinski definition) is 2. The van der Waals surface area contributed by atoms with Crippen LogP contribution < -0.4 is 10.6 Å². The van der Waals surface area contributed by atoms with Crippen molar-refractivity contribution in [3.8, 4) is 0 Å². The van der Waals surface area contributed by atoms with Gasteiger partial charge in [0, 0.05) is 12.6 Å². The van der Waals surface area contributed by atoms with Crippen molar-refractivity contribution in [2.24, 2.45) is 0 Å². The smallest absolute Gasteiger partial charge is 0.292 e. The van der Waals surface area contributed by atoms with E-state index in [1.807, 2.05) is 37.3 Å². The molecule has 0 spiro atoms. The lowest BCUT2D eigenvalue weighted by atomic mass is 10.2. The summed E-state index contributed by atoms with van der Waals surface area (Å²) >= 11 is 5.17. The van der Waals surface area contributed by atoms with Crippen molar-refractivity contribution < 1.29 is 4.92 Å². The van der Waals surface area contributed by atoms with Crippen molar-refractivity contribution in [2.75, 3.05) is 5.32 Å². The Hall–Kier alpha value is -2.47. The van der Waals surface area contributed by atoms with E-state index in [1.165, 1.54) is 6.07 Å². The summed E-state index contributed by atoms with van der Waals surface area (Å²) in [6.45, 7) is 2.37. The zero-order chi connectivity index (χ0) is 15.2. The Balaban J connectivity index is 2.01. The van der Waals surface area contributed by atoms with Crippen molar-refractivity contribution in [3.05, 3.63) is 69.8 Å². The summed E-state index contributed by atoms with van der Waals surface area (Å²) in [5, 5.41) is 17.3. The Morgan fingerprint density at radius 3 is 2.62 bits per heavy atom. The molecule has 108 valence electrons. The third-order valence-electron chi connectivity index (χ3n) is 2.89. The number of nitro benzene ring substituents is 1. The van der Waals surface area contributed by atoms with Crippen molar-refractivity contribution >= 4 is 28.7 Å². The predicted molar refractivity (Wildman–Crippen MR) is 87.3 cm³/mol. The maximum Gasteiger partial charge on any atom is 0.292 e. The Labute approximate surface area is 128 Å². The molecule has 0 amide bonds. The Bertz CT molecular complexity index is 659. The number of nitrogens with zero attached hydrogens (tertiary/aromatic N) is 1. The van der Waals surface area contributed by atoms with Gasteiger partial charge in [0.05, 0.1) is 4.92 Å². The summed E-state index contributed by atoms with van der Waals surface area (Å²) in [7, 11) is 0. The number of nitro groups is 1. The van der Waals surface area contributed by atoms with Gasteiger partial charge >= 0.3 is 0 Å². The summed E-state index contributed by atoms with van der Waals surface area (Å²) in [5.41, 5.74) is 2.31. The van der Waals surface area contributed by atoms with Gasteiger partial charge in [-0.1, -0.05) is 36.4 Å². The zero-order valence-corrected chi connectivity index (χ0v) is 12.3. The van der Waals surface area contributed by atoms with Crippen LogP contribution in [0.4, 0.5) is 11.4 Å². The summed E-state index contributed by atoms with van der Waals surface area (Å²) in [4.78, 5) is 10.6. The monoisotopic (exact) mass is 301 g/mol. The molecule has 0 atom stereocenters. The van der Waals surface area contributed by atoms with Gasteiger partial charge < -0.3 is 10.6 Å². The van der Waals surface area contributed by atoms with E-state index in [0.717, 1.165) is 11.1 Å². The van der Waals surface area contributed by atoms with Gasteiger partial charge in [-0.3, -0.25) is 10.1 Å². The Morgan fingerprint density at radius 2 is 1.95 bits per heavy atom. The molecule has 0 saturated carbocycles. The third-order valence-corrected chi connectivity index (χ3v) is 3.14. The molecule has 0 aliphatic carbocycles. The minimum Gasteiger partial charge on any atom is -0.358 e. The third kappa shape index (κ3) is 4.25. The first-order valence-corrected chi connectivity index (χ1v) is 6.81. The Kier molecular flexibility index (Phi) is 4.84. The fraction of sp³-hybridized carbons (Fsp3) is 0.133. The average Bonchev–Trinajstić information content (AvgIpc) is 2.48. The van der Waals surface area contributed by atoms with Crippen molar-refractivity contribution in [2.45, 2.75) is 13.5 Å². The molecule has 0 radical (unpaired) electrons. The molecule has 0 fully saturated rings. The number of hydrogen-bond acceptors (Lipinski definition) is 3. The molecule has 0 bridgehead atoms. The highest BCUT2D eigenvalue weighted by Crippen LogP contribution is 2.25. The van der Waals surface area contributed by atoms with Gasteiger partial charge in [-0.25, -0.2) is 0 Å².